The molecule has 0 aromatic carbocycles. The zero-order chi connectivity index (χ0) is 9.28. The van der Waals surface area contributed by atoms with E-state index in [1.165, 1.54) is 12.8 Å². The first kappa shape index (κ1) is 13.3. The Morgan fingerprint density at radius 2 is 1.45 bits per heavy atom. The number of hydrogen-bond donors (Lipinski definition) is 0. The zero-order valence-corrected chi connectivity index (χ0v) is 8.61. The van der Waals surface area contributed by atoms with Crippen LogP contribution in [0.2, 0.25) is 0 Å². The van der Waals surface area contributed by atoms with Crippen LogP contribution in [0.15, 0.2) is 0 Å². The summed E-state index contributed by atoms with van der Waals surface area (Å²) in [5.41, 5.74) is 0. The minimum absolute atomic E-state index is 0.227. The average molecular weight is 158 g/mol. The lowest BCUT2D eigenvalue weighted by atomic mass is 10.1. The molecule has 0 aromatic heterocycles. The smallest absolute Gasteiger partial charge is 0.135 e. The van der Waals surface area contributed by atoms with Gasteiger partial charge in [0.05, 0.1) is 0 Å². The summed E-state index contributed by atoms with van der Waals surface area (Å²) in [5, 5.41) is 0. The third kappa shape index (κ3) is 12.8. The van der Waals surface area contributed by atoms with Gasteiger partial charge in [0.2, 0.25) is 0 Å². The molecule has 0 rings (SSSR count). The van der Waals surface area contributed by atoms with Gasteiger partial charge in [0.25, 0.3) is 0 Å². The van der Waals surface area contributed by atoms with Crippen molar-refractivity contribution < 1.29 is 4.79 Å². The molecule has 0 bridgehead atoms. The van der Waals surface area contributed by atoms with Crippen LogP contribution in [-0.2, 0) is 4.79 Å². The molecule has 11 heavy (non-hydrogen) atoms. The second-order valence-electron chi connectivity index (χ2n) is 2.97. The van der Waals surface area contributed by atoms with Gasteiger partial charge in [0, 0.05) is 12.3 Å². The van der Waals surface area contributed by atoms with E-state index >= 15 is 0 Å². The molecule has 0 N–H and O–H groups in total. The second-order valence-corrected chi connectivity index (χ2v) is 2.97. The lowest BCUT2D eigenvalue weighted by Crippen LogP contribution is -2.03. The van der Waals surface area contributed by atoms with Gasteiger partial charge in [-0.05, 0) is 0 Å². The van der Waals surface area contributed by atoms with E-state index in [1.807, 2.05) is 20.8 Å². The van der Waals surface area contributed by atoms with Crippen molar-refractivity contribution in [3.8, 4) is 0 Å². The Morgan fingerprint density at radius 3 is 1.45 bits per heavy atom. The largest absolute Gasteiger partial charge is 0.299 e. The molecular formula is C10H22O. The Balaban J connectivity index is 0. The fourth-order valence-electron chi connectivity index (χ4n) is 0.408. The molecule has 1 nitrogen and oxygen atoms in total. The second kappa shape index (κ2) is 9.67. The third-order valence-electron chi connectivity index (χ3n) is 1.49. The third-order valence-corrected chi connectivity index (χ3v) is 1.49. The van der Waals surface area contributed by atoms with Gasteiger partial charge in [-0.2, -0.15) is 0 Å². The molecule has 0 amide bonds. The molecule has 0 aliphatic carbocycles. The van der Waals surface area contributed by atoms with Crippen molar-refractivity contribution >= 4 is 5.78 Å². The van der Waals surface area contributed by atoms with E-state index in [1.54, 1.807) is 0 Å². The quantitative estimate of drug-likeness (QED) is 0.615. The van der Waals surface area contributed by atoms with E-state index < -0.39 is 0 Å². The van der Waals surface area contributed by atoms with Gasteiger partial charge >= 0.3 is 0 Å². The van der Waals surface area contributed by atoms with Gasteiger partial charge in [-0.1, -0.05) is 47.5 Å². The molecule has 0 spiro atoms. The lowest BCUT2D eigenvalue weighted by molar-refractivity contribution is -0.121. The van der Waals surface area contributed by atoms with Crippen LogP contribution in [0.3, 0.4) is 0 Å². The Kier molecular flexibility index (Phi) is 11.7. The lowest BCUT2D eigenvalue weighted by Gasteiger charge is -1.96. The first-order valence-electron chi connectivity index (χ1n) is 4.62. The van der Waals surface area contributed by atoms with Crippen LogP contribution >= 0.6 is 0 Å². The van der Waals surface area contributed by atoms with Crippen molar-refractivity contribution in [2.45, 2.75) is 53.9 Å². The summed E-state index contributed by atoms with van der Waals surface area (Å²) in [5.74, 6) is 0.574. The summed E-state index contributed by atoms with van der Waals surface area (Å²) >= 11 is 0. The molecule has 68 valence electrons. The van der Waals surface area contributed by atoms with Crippen LogP contribution in [0.1, 0.15) is 53.9 Å². The van der Waals surface area contributed by atoms with Gasteiger partial charge in [0.1, 0.15) is 5.78 Å². The molecule has 0 aliphatic heterocycles. The Bertz CT molecular complexity index is 82.9. The highest BCUT2D eigenvalue weighted by Crippen LogP contribution is 1.95. The maximum absolute atomic E-state index is 10.5. The summed E-state index contributed by atoms with van der Waals surface area (Å²) in [4.78, 5) is 10.5. The van der Waals surface area contributed by atoms with Gasteiger partial charge in [0.15, 0.2) is 0 Å². The number of Topliss-reactive ketones (excluding diaryl/α,β-unsaturated/α-hetero) is 1. The number of rotatable bonds is 3. The number of hydrogen-bond acceptors (Lipinski definition) is 1. The summed E-state index contributed by atoms with van der Waals surface area (Å²) in [6, 6.07) is 0. The van der Waals surface area contributed by atoms with E-state index in [4.69, 9.17) is 0 Å². The van der Waals surface area contributed by atoms with Gasteiger partial charge in [-0.15, -0.1) is 0 Å². The van der Waals surface area contributed by atoms with Crippen molar-refractivity contribution in [2.24, 2.45) is 5.92 Å². The standard InChI is InChI=1S/C6H12O.C4H10/c1-4-6(7)5(2)3;1-3-4-2/h5H,4H2,1-3H3;3-4H2,1-2H3. The van der Waals surface area contributed by atoms with E-state index in [9.17, 15) is 4.79 Å². The first-order valence-corrected chi connectivity index (χ1v) is 4.62. The first-order chi connectivity index (χ1) is 5.09. The number of carbonyl (C=O) groups is 1. The highest BCUT2D eigenvalue weighted by molar-refractivity contribution is 5.79. The minimum atomic E-state index is 0.227. The fourth-order valence-corrected chi connectivity index (χ4v) is 0.408. The predicted molar refractivity (Wildman–Crippen MR) is 50.7 cm³/mol. The van der Waals surface area contributed by atoms with Gasteiger partial charge in [-0.3, -0.25) is 4.79 Å². The van der Waals surface area contributed by atoms with Crippen LogP contribution in [-0.4, -0.2) is 5.78 Å². The molecule has 0 atom stereocenters. The molecule has 0 radical (unpaired) electrons. The SMILES string of the molecule is CCC(=O)C(C)C.CCCC. The van der Waals surface area contributed by atoms with Gasteiger partial charge < -0.3 is 0 Å². The van der Waals surface area contributed by atoms with Crippen molar-refractivity contribution in [1.82, 2.24) is 0 Å². The molecule has 0 aromatic rings. The normalized spacial score (nSPS) is 8.91. The van der Waals surface area contributed by atoms with Gasteiger partial charge in [-0.25, -0.2) is 0 Å². The monoisotopic (exact) mass is 158 g/mol. The predicted octanol–water partition coefficient (Wildman–Crippen LogP) is 3.43. The summed E-state index contributed by atoms with van der Waals surface area (Å²) in [6.45, 7) is 10.1. The maximum atomic E-state index is 10.5. The molecule has 0 heterocycles. The van der Waals surface area contributed by atoms with Crippen LogP contribution < -0.4 is 0 Å². The highest BCUT2D eigenvalue weighted by Gasteiger charge is 2.00. The Hall–Kier alpha value is -0.330. The molecular weight excluding hydrogens is 136 g/mol. The topological polar surface area (TPSA) is 17.1 Å². The Morgan fingerprint density at radius 1 is 1.09 bits per heavy atom. The summed E-state index contributed by atoms with van der Waals surface area (Å²) < 4.78 is 0. The number of carbonyl (C=O) groups excluding carboxylic acids is 1. The highest BCUT2D eigenvalue weighted by atomic mass is 16.1. The van der Waals surface area contributed by atoms with Crippen LogP contribution in [0.4, 0.5) is 0 Å². The average Bonchev–Trinajstić information content (AvgIpc) is 2.03. The van der Waals surface area contributed by atoms with Crippen molar-refractivity contribution in [3.63, 3.8) is 0 Å². The molecule has 1 heteroatoms. The molecule has 0 aliphatic rings. The fraction of sp³-hybridized carbons (Fsp3) is 0.900. The van der Waals surface area contributed by atoms with E-state index in [0.29, 0.717) is 12.2 Å². The molecule has 0 saturated carbocycles. The molecule has 0 saturated heterocycles. The summed E-state index contributed by atoms with van der Waals surface area (Å²) in [6.07, 6.45) is 3.32. The molecule has 0 unspecified atom stereocenters. The number of ketones is 1. The minimum Gasteiger partial charge on any atom is -0.299 e. The van der Waals surface area contributed by atoms with E-state index in [0.717, 1.165) is 0 Å². The van der Waals surface area contributed by atoms with Crippen LogP contribution in [0.5, 0.6) is 0 Å². The Labute approximate surface area is 71.2 Å². The van der Waals surface area contributed by atoms with Crippen molar-refractivity contribution in [2.75, 3.05) is 0 Å². The number of unbranched alkanes of at least 4 members (excludes halogenated alkanes) is 1. The van der Waals surface area contributed by atoms with E-state index in [-0.39, 0.29) is 5.92 Å². The summed E-state index contributed by atoms with van der Waals surface area (Å²) in [7, 11) is 0. The van der Waals surface area contributed by atoms with Crippen LogP contribution in [0, 0.1) is 5.92 Å². The zero-order valence-electron chi connectivity index (χ0n) is 8.61. The van der Waals surface area contributed by atoms with Crippen molar-refractivity contribution in [1.29, 1.82) is 0 Å². The van der Waals surface area contributed by atoms with Crippen molar-refractivity contribution in [3.05, 3.63) is 0 Å². The maximum Gasteiger partial charge on any atom is 0.135 e. The molecule has 0 fully saturated rings. The van der Waals surface area contributed by atoms with E-state index in [2.05, 4.69) is 13.8 Å². The van der Waals surface area contributed by atoms with Crippen LogP contribution in [0.25, 0.3) is 0 Å².